The average molecular weight is 331 g/mol. The van der Waals surface area contributed by atoms with E-state index >= 15 is 0 Å². The molecule has 130 valence electrons. The lowest BCUT2D eigenvalue weighted by Crippen LogP contribution is -2.56. The van der Waals surface area contributed by atoms with Crippen LogP contribution in [-0.4, -0.2) is 40.6 Å². The zero-order valence-electron chi connectivity index (χ0n) is 14.8. The summed E-state index contributed by atoms with van der Waals surface area (Å²) in [6.07, 6.45) is 1.34. The van der Waals surface area contributed by atoms with Crippen molar-refractivity contribution in [2.75, 3.05) is 6.54 Å². The first-order valence-corrected chi connectivity index (χ1v) is 8.50. The van der Waals surface area contributed by atoms with Gasteiger partial charge in [0, 0.05) is 25.4 Å². The summed E-state index contributed by atoms with van der Waals surface area (Å²) in [4.78, 5) is 26.6. The van der Waals surface area contributed by atoms with E-state index in [0.29, 0.717) is 37.1 Å². The van der Waals surface area contributed by atoms with Gasteiger partial charge in [-0.15, -0.1) is 0 Å². The number of para-hydroxylation sites is 1. The molecule has 0 saturated carbocycles. The maximum absolute atomic E-state index is 12.5. The number of fused-ring (bicyclic) bond motifs is 1. The van der Waals surface area contributed by atoms with Crippen molar-refractivity contribution in [2.45, 2.75) is 64.2 Å². The Morgan fingerprint density at radius 3 is 2.71 bits per heavy atom. The molecule has 1 fully saturated rings. The molecule has 5 nitrogen and oxygen atoms in total. The van der Waals surface area contributed by atoms with Crippen LogP contribution in [0.4, 0.5) is 4.79 Å². The number of benzene rings is 1. The summed E-state index contributed by atoms with van der Waals surface area (Å²) in [6, 6.07) is 7.35. The Bertz CT molecular complexity index is 664. The van der Waals surface area contributed by atoms with E-state index in [0.717, 1.165) is 0 Å². The number of likely N-dealkylation sites (tertiary alicyclic amines) is 1. The largest absolute Gasteiger partial charge is 0.486 e. The van der Waals surface area contributed by atoms with Crippen molar-refractivity contribution < 1.29 is 19.1 Å². The second kappa shape index (κ2) is 5.80. The zero-order chi connectivity index (χ0) is 17.5. The SMILES string of the molecule is C[C@H]1C[C@]2(CCN1C(=O)OC(C)(C)C)CC(=O)c1ccccc1O2. The van der Waals surface area contributed by atoms with E-state index in [1.807, 2.05) is 52.0 Å². The highest BCUT2D eigenvalue weighted by molar-refractivity contribution is 6.00. The van der Waals surface area contributed by atoms with Gasteiger partial charge in [-0.3, -0.25) is 4.79 Å². The van der Waals surface area contributed by atoms with Gasteiger partial charge in [0.1, 0.15) is 17.0 Å². The van der Waals surface area contributed by atoms with Crippen molar-refractivity contribution >= 4 is 11.9 Å². The summed E-state index contributed by atoms with van der Waals surface area (Å²) in [5.74, 6) is 0.779. The molecule has 1 aromatic rings. The monoisotopic (exact) mass is 331 g/mol. The number of piperidine rings is 1. The lowest BCUT2D eigenvalue weighted by atomic mass is 9.80. The third-order valence-corrected chi connectivity index (χ3v) is 4.63. The molecule has 1 saturated heterocycles. The van der Waals surface area contributed by atoms with Crippen LogP contribution in [0.25, 0.3) is 0 Å². The van der Waals surface area contributed by atoms with Crippen molar-refractivity contribution in [1.29, 1.82) is 0 Å². The van der Waals surface area contributed by atoms with Crippen LogP contribution >= 0.6 is 0 Å². The van der Waals surface area contributed by atoms with Crippen molar-refractivity contribution in [3.05, 3.63) is 29.8 Å². The standard InChI is InChI=1S/C19H25NO4/c1-13-11-19(9-10-20(13)17(22)24-18(2,3)4)12-15(21)14-7-5-6-8-16(14)23-19/h5-8,13H,9-12H2,1-4H3/t13-,19+/m0/s1. The molecule has 0 unspecified atom stereocenters. The first kappa shape index (κ1) is 16.8. The number of hydrogen-bond donors (Lipinski definition) is 0. The predicted octanol–water partition coefficient (Wildman–Crippen LogP) is 3.81. The number of amides is 1. The first-order valence-electron chi connectivity index (χ1n) is 8.50. The van der Waals surface area contributed by atoms with Gasteiger partial charge in [0.2, 0.25) is 0 Å². The minimum absolute atomic E-state index is 0.0355. The van der Waals surface area contributed by atoms with Crippen molar-refractivity contribution in [2.24, 2.45) is 0 Å². The van der Waals surface area contributed by atoms with Gasteiger partial charge in [-0.25, -0.2) is 4.79 Å². The highest BCUT2D eigenvalue weighted by Gasteiger charge is 2.46. The molecule has 1 amide bonds. The molecule has 2 aliphatic rings. The molecule has 1 spiro atoms. The molecule has 5 heteroatoms. The Kier molecular flexibility index (Phi) is 4.06. The molecule has 0 aromatic heterocycles. The van der Waals surface area contributed by atoms with Gasteiger partial charge in [0.25, 0.3) is 0 Å². The van der Waals surface area contributed by atoms with E-state index in [-0.39, 0.29) is 17.9 Å². The highest BCUT2D eigenvalue weighted by Crippen LogP contribution is 2.41. The average Bonchev–Trinajstić information content (AvgIpc) is 2.45. The Labute approximate surface area is 142 Å². The smallest absolute Gasteiger partial charge is 0.410 e. The number of nitrogens with zero attached hydrogens (tertiary/aromatic N) is 1. The lowest BCUT2D eigenvalue weighted by Gasteiger charge is -2.47. The van der Waals surface area contributed by atoms with Gasteiger partial charge in [-0.05, 0) is 39.8 Å². The van der Waals surface area contributed by atoms with Gasteiger partial charge < -0.3 is 14.4 Å². The second-order valence-electron chi connectivity index (χ2n) is 7.86. The minimum atomic E-state index is -0.512. The third-order valence-electron chi connectivity index (χ3n) is 4.63. The van der Waals surface area contributed by atoms with Crippen molar-refractivity contribution in [3.8, 4) is 5.75 Å². The van der Waals surface area contributed by atoms with E-state index in [1.54, 1.807) is 4.90 Å². The quantitative estimate of drug-likeness (QED) is 0.725. The number of carbonyl (C=O) groups is 2. The van der Waals surface area contributed by atoms with E-state index in [1.165, 1.54) is 0 Å². The van der Waals surface area contributed by atoms with Gasteiger partial charge >= 0.3 is 6.09 Å². The molecule has 3 rings (SSSR count). The highest BCUT2D eigenvalue weighted by atomic mass is 16.6. The van der Waals surface area contributed by atoms with E-state index in [9.17, 15) is 9.59 Å². The van der Waals surface area contributed by atoms with E-state index in [2.05, 4.69) is 0 Å². The Morgan fingerprint density at radius 1 is 1.33 bits per heavy atom. The van der Waals surface area contributed by atoms with Crippen LogP contribution < -0.4 is 4.74 Å². The summed E-state index contributed by atoms with van der Waals surface area (Å²) in [6.45, 7) is 8.10. The molecular formula is C19H25NO4. The molecule has 0 N–H and O–H groups in total. The number of carbonyl (C=O) groups excluding carboxylic acids is 2. The number of ether oxygens (including phenoxy) is 2. The Hall–Kier alpha value is -2.04. The van der Waals surface area contributed by atoms with Crippen molar-refractivity contribution in [1.82, 2.24) is 4.90 Å². The summed E-state index contributed by atoms with van der Waals surface area (Å²) in [5, 5.41) is 0. The summed E-state index contributed by atoms with van der Waals surface area (Å²) in [7, 11) is 0. The van der Waals surface area contributed by atoms with Gasteiger partial charge in [0.05, 0.1) is 12.0 Å². The maximum atomic E-state index is 12.5. The Morgan fingerprint density at radius 2 is 2.04 bits per heavy atom. The second-order valence-corrected chi connectivity index (χ2v) is 7.86. The topological polar surface area (TPSA) is 55.8 Å². The first-order chi connectivity index (χ1) is 11.2. The van der Waals surface area contributed by atoms with Crippen LogP contribution in [0, 0.1) is 0 Å². The molecular weight excluding hydrogens is 306 g/mol. The molecule has 0 aliphatic carbocycles. The number of Topliss-reactive ketones (excluding diaryl/α,β-unsaturated/α-hetero) is 1. The lowest BCUT2D eigenvalue weighted by molar-refractivity contribution is -0.0406. The molecule has 2 heterocycles. The summed E-state index contributed by atoms with van der Waals surface area (Å²) in [5.41, 5.74) is -0.365. The predicted molar refractivity (Wildman–Crippen MR) is 90.4 cm³/mol. The van der Waals surface area contributed by atoms with Gasteiger partial charge in [-0.2, -0.15) is 0 Å². The molecule has 24 heavy (non-hydrogen) atoms. The van der Waals surface area contributed by atoms with Crippen LogP contribution in [0.2, 0.25) is 0 Å². The molecule has 1 aromatic carbocycles. The van der Waals surface area contributed by atoms with Crippen LogP contribution in [0.15, 0.2) is 24.3 Å². The maximum Gasteiger partial charge on any atom is 0.410 e. The van der Waals surface area contributed by atoms with Gasteiger partial charge in [0.15, 0.2) is 5.78 Å². The Balaban J connectivity index is 1.74. The summed E-state index contributed by atoms with van der Waals surface area (Å²) >= 11 is 0. The van der Waals surface area contributed by atoms with Crippen LogP contribution in [0.1, 0.15) is 57.3 Å². The normalized spacial score (nSPS) is 26.8. The fraction of sp³-hybridized carbons (Fsp3) is 0.579. The fourth-order valence-electron chi connectivity index (χ4n) is 3.58. The van der Waals surface area contributed by atoms with E-state index in [4.69, 9.17) is 9.47 Å². The van der Waals surface area contributed by atoms with Crippen molar-refractivity contribution in [3.63, 3.8) is 0 Å². The van der Waals surface area contributed by atoms with Crippen LogP contribution in [0.3, 0.4) is 0 Å². The zero-order valence-corrected chi connectivity index (χ0v) is 14.8. The molecule has 0 radical (unpaired) electrons. The van der Waals surface area contributed by atoms with Crippen LogP contribution in [0.5, 0.6) is 5.75 Å². The molecule has 2 atom stereocenters. The molecule has 0 bridgehead atoms. The minimum Gasteiger partial charge on any atom is -0.486 e. The number of hydrogen-bond acceptors (Lipinski definition) is 4. The fourth-order valence-corrected chi connectivity index (χ4v) is 3.58. The number of rotatable bonds is 0. The molecule has 2 aliphatic heterocycles. The third kappa shape index (κ3) is 3.25. The number of ketones is 1. The van der Waals surface area contributed by atoms with E-state index < -0.39 is 11.2 Å². The van der Waals surface area contributed by atoms with Crippen LogP contribution in [-0.2, 0) is 4.74 Å². The summed E-state index contributed by atoms with van der Waals surface area (Å²) < 4.78 is 11.7. The van der Waals surface area contributed by atoms with Gasteiger partial charge in [-0.1, -0.05) is 12.1 Å².